The fraction of sp³-hybridized carbons (Fsp3) is 0.467. The quantitative estimate of drug-likeness (QED) is 0.831. The van der Waals surface area contributed by atoms with Crippen molar-refractivity contribution in [1.29, 1.82) is 5.26 Å². The number of ketones is 1. The molecule has 1 heterocycles. The molecule has 0 N–H and O–H groups in total. The van der Waals surface area contributed by atoms with E-state index in [1.54, 1.807) is 0 Å². The van der Waals surface area contributed by atoms with Crippen LogP contribution in [0.3, 0.4) is 0 Å². The third kappa shape index (κ3) is 3.01. The molecule has 1 saturated heterocycles. The van der Waals surface area contributed by atoms with Gasteiger partial charge in [0, 0.05) is 0 Å². The highest BCUT2D eigenvalue weighted by Crippen LogP contribution is 2.22. The minimum Gasteiger partial charge on any atom is -0.376 e. The molecule has 0 aromatic heterocycles. The molecule has 19 heavy (non-hydrogen) atoms. The first-order valence-electron chi connectivity index (χ1n) is 6.33. The van der Waals surface area contributed by atoms with Gasteiger partial charge in [-0.05, 0) is 30.5 Å². The summed E-state index contributed by atoms with van der Waals surface area (Å²) in [5.74, 6) is -1.00. The number of rotatable bonds is 3. The molecule has 1 aliphatic heterocycles. The normalized spacial score (nSPS) is 20.6. The van der Waals surface area contributed by atoms with E-state index in [1.807, 2.05) is 32.0 Å². The average Bonchev–Trinajstić information content (AvgIpc) is 2.44. The predicted molar refractivity (Wildman–Crippen MR) is 69.8 cm³/mol. The number of benzene rings is 1. The smallest absolute Gasteiger partial charge is 0.185 e. The van der Waals surface area contributed by atoms with Crippen molar-refractivity contribution in [1.82, 2.24) is 0 Å². The number of carbonyl (C=O) groups is 1. The second-order valence-electron chi connectivity index (χ2n) is 4.74. The first-order valence-corrected chi connectivity index (χ1v) is 6.33. The lowest BCUT2D eigenvalue weighted by atomic mass is 9.91. The Balaban J connectivity index is 2.21. The third-order valence-corrected chi connectivity index (χ3v) is 3.41. The molecule has 0 radical (unpaired) electrons. The third-order valence-electron chi connectivity index (χ3n) is 3.41. The Hall–Kier alpha value is -1.70. The van der Waals surface area contributed by atoms with Gasteiger partial charge in [-0.15, -0.1) is 0 Å². The van der Waals surface area contributed by atoms with E-state index in [9.17, 15) is 10.1 Å². The van der Waals surface area contributed by atoms with Gasteiger partial charge >= 0.3 is 0 Å². The highest BCUT2D eigenvalue weighted by molar-refractivity contribution is 5.92. The van der Waals surface area contributed by atoms with Crippen LogP contribution in [0.4, 0.5) is 0 Å². The number of ether oxygens (including phenoxy) is 2. The molecule has 2 atom stereocenters. The van der Waals surface area contributed by atoms with Crippen LogP contribution < -0.4 is 0 Å². The van der Waals surface area contributed by atoms with Gasteiger partial charge in [0.2, 0.25) is 0 Å². The average molecular weight is 259 g/mol. The van der Waals surface area contributed by atoms with E-state index in [-0.39, 0.29) is 12.4 Å². The van der Waals surface area contributed by atoms with E-state index in [0.29, 0.717) is 13.2 Å². The summed E-state index contributed by atoms with van der Waals surface area (Å²) in [6, 6.07) is 7.73. The van der Waals surface area contributed by atoms with Gasteiger partial charge in [0.05, 0.1) is 25.9 Å². The van der Waals surface area contributed by atoms with Crippen molar-refractivity contribution in [2.45, 2.75) is 25.9 Å². The number of aryl methyl sites for hydroxylation is 2. The molecule has 0 bridgehead atoms. The Kier molecular flexibility index (Phi) is 4.31. The maximum Gasteiger partial charge on any atom is 0.185 e. The topological polar surface area (TPSA) is 59.3 Å². The van der Waals surface area contributed by atoms with Gasteiger partial charge in [-0.3, -0.25) is 4.79 Å². The van der Waals surface area contributed by atoms with Gasteiger partial charge in [-0.2, -0.15) is 5.26 Å². The molecule has 100 valence electrons. The summed E-state index contributed by atoms with van der Waals surface area (Å²) in [6.45, 7) is 5.12. The van der Waals surface area contributed by atoms with Gasteiger partial charge in [0.25, 0.3) is 0 Å². The molecule has 1 aromatic carbocycles. The minimum absolute atomic E-state index is 0.217. The van der Waals surface area contributed by atoms with E-state index in [0.717, 1.165) is 16.7 Å². The summed E-state index contributed by atoms with van der Waals surface area (Å²) >= 11 is 0. The van der Waals surface area contributed by atoms with Gasteiger partial charge in [0.15, 0.2) is 5.78 Å². The van der Waals surface area contributed by atoms with Crippen LogP contribution in [0.5, 0.6) is 0 Å². The largest absolute Gasteiger partial charge is 0.376 e. The SMILES string of the molecule is Cc1ccc(C(C#N)C(=O)C2COCCO2)cc1C. The molecule has 4 nitrogen and oxygen atoms in total. The summed E-state index contributed by atoms with van der Waals surface area (Å²) in [5.41, 5.74) is 2.95. The molecule has 0 aliphatic carbocycles. The first kappa shape index (κ1) is 13.7. The van der Waals surface area contributed by atoms with Gasteiger partial charge in [-0.1, -0.05) is 18.2 Å². The van der Waals surface area contributed by atoms with E-state index in [4.69, 9.17) is 9.47 Å². The molecule has 0 spiro atoms. The van der Waals surface area contributed by atoms with Crippen LogP contribution in [0.2, 0.25) is 0 Å². The molecule has 1 aliphatic rings. The Labute approximate surface area is 112 Å². The molecule has 0 saturated carbocycles. The highest BCUT2D eigenvalue weighted by Gasteiger charge is 2.30. The zero-order chi connectivity index (χ0) is 13.8. The van der Waals surface area contributed by atoms with Crippen molar-refractivity contribution in [2.75, 3.05) is 19.8 Å². The lowest BCUT2D eigenvalue weighted by Crippen LogP contribution is -2.38. The highest BCUT2D eigenvalue weighted by atomic mass is 16.6. The zero-order valence-electron chi connectivity index (χ0n) is 11.2. The van der Waals surface area contributed by atoms with Crippen molar-refractivity contribution in [3.8, 4) is 6.07 Å². The number of hydrogen-bond acceptors (Lipinski definition) is 4. The molecule has 1 fully saturated rings. The second-order valence-corrected chi connectivity index (χ2v) is 4.74. The maximum absolute atomic E-state index is 12.3. The lowest BCUT2D eigenvalue weighted by Gasteiger charge is -2.23. The van der Waals surface area contributed by atoms with Crippen molar-refractivity contribution in [3.63, 3.8) is 0 Å². The summed E-state index contributed by atoms with van der Waals surface area (Å²) in [7, 11) is 0. The Bertz CT molecular complexity index is 513. The van der Waals surface area contributed by atoms with Crippen molar-refractivity contribution in [3.05, 3.63) is 34.9 Å². The molecule has 2 unspecified atom stereocenters. The zero-order valence-corrected chi connectivity index (χ0v) is 11.2. The number of carbonyl (C=O) groups excluding carboxylic acids is 1. The first-order chi connectivity index (χ1) is 9.13. The van der Waals surface area contributed by atoms with Crippen LogP contribution in [0, 0.1) is 25.2 Å². The van der Waals surface area contributed by atoms with E-state index in [2.05, 4.69) is 6.07 Å². The Morgan fingerprint density at radius 3 is 2.74 bits per heavy atom. The number of hydrogen-bond donors (Lipinski definition) is 0. The Morgan fingerprint density at radius 1 is 1.37 bits per heavy atom. The fourth-order valence-electron chi connectivity index (χ4n) is 2.08. The van der Waals surface area contributed by atoms with Crippen LogP contribution in [0.1, 0.15) is 22.6 Å². The number of nitriles is 1. The monoisotopic (exact) mass is 259 g/mol. The molecule has 0 amide bonds. The number of Topliss-reactive ketones (excluding diaryl/α,β-unsaturated/α-hetero) is 1. The second kappa shape index (κ2) is 5.96. The van der Waals surface area contributed by atoms with Crippen LogP contribution in [-0.2, 0) is 14.3 Å². The minimum atomic E-state index is -0.786. The molecule has 1 aromatic rings. The molecule has 2 rings (SSSR count). The standard InChI is InChI=1S/C15H17NO3/c1-10-3-4-12(7-11(10)2)13(8-16)15(17)14-9-18-5-6-19-14/h3-4,7,13-14H,5-6,9H2,1-2H3. The lowest BCUT2D eigenvalue weighted by molar-refractivity contribution is -0.145. The van der Waals surface area contributed by atoms with E-state index < -0.39 is 12.0 Å². The van der Waals surface area contributed by atoms with E-state index in [1.165, 1.54) is 0 Å². The van der Waals surface area contributed by atoms with E-state index >= 15 is 0 Å². The predicted octanol–water partition coefficient (Wildman–Crippen LogP) is 1.90. The van der Waals surface area contributed by atoms with Crippen LogP contribution in [-0.4, -0.2) is 31.7 Å². The molecular formula is C15H17NO3. The molecule has 4 heteroatoms. The maximum atomic E-state index is 12.3. The van der Waals surface area contributed by atoms with Crippen LogP contribution in [0.25, 0.3) is 0 Å². The van der Waals surface area contributed by atoms with Crippen LogP contribution in [0.15, 0.2) is 18.2 Å². The van der Waals surface area contributed by atoms with Crippen molar-refractivity contribution in [2.24, 2.45) is 0 Å². The van der Waals surface area contributed by atoms with Gasteiger partial charge in [0.1, 0.15) is 12.0 Å². The van der Waals surface area contributed by atoms with Gasteiger partial charge in [-0.25, -0.2) is 0 Å². The van der Waals surface area contributed by atoms with Crippen LogP contribution >= 0.6 is 0 Å². The molecular weight excluding hydrogens is 242 g/mol. The fourth-order valence-corrected chi connectivity index (χ4v) is 2.08. The Morgan fingerprint density at radius 2 is 2.16 bits per heavy atom. The summed E-state index contributed by atoms with van der Waals surface area (Å²) in [5, 5.41) is 9.27. The van der Waals surface area contributed by atoms with Gasteiger partial charge < -0.3 is 9.47 Å². The van der Waals surface area contributed by atoms with Crippen molar-refractivity contribution < 1.29 is 14.3 Å². The summed E-state index contributed by atoms with van der Waals surface area (Å²) in [6.07, 6.45) is -0.625. The summed E-state index contributed by atoms with van der Waals surface area (Å²) < 4.78 is 10.6. The van der Waals surface area contributed by atoms with Crippen molar-refractivity contribution >= 4 is 5.78 Å². The summed E-state index contributed by atoms with van der Waals surface area (Å²) in [4.78, 5) is 12.3. The number of nitrogens with zero attached hydrogens (tertiary/aromatic N) is 1.